The van der Waals surface area contributed by atoms with Crippen LogP contribution in [0.3, 0.4) is 0 Å². The Morgan fingerprint density at radius 2 is 2.04 bits per heavy atom. The van der Waals surface area contributed by atoms with Crippen molar-refractivity contribution >= 4 is 5.91 Å². The van der Waals surface area contributed by atoms with Gasteiger partial charge in [-0.15, -0.1) is 0 Å². The van der Waals surface area contributed by atoms with Crippen molar-refractivity contribution in [3.8, 4) is 0 Å². The van der Waals surface area contributed by atoms with Crippen molar-refractivity contribution in [3.05, 3.63) is 28.7 Å². The maximum absolute atomic E-state index is 12.8. The molecule has 3 heterocycles. The van der Waals surface area contributed by atoms with Gasteiger partial charge in [0.1, 0.15) is 11.3 Å². The molecule has 1 amide bonds. The second kappa shape index (κ2) is 6.14. The van der Waals surface area contributed by atoms with E-state index >= 15 is 0 Å². The van der Waals surface area contributed by atoms with E-state index < -0.39 is 0 Å². The quantitative estimate of drug-likeness (QED) is 0.865. The van der Waals surface area contributed by atoms with Crippen molar-refractivity contribution in [1.82, 2.24) is 20.2 Å². The third-order valence-electron chi connectivity index (χ3n) is 4.27. The van der Waals surface area contributed by atoms with E-state index in [-0.39, 0.29) is 17.7 Å². The number of hydrogen-bond acceptors (Lipinski definition) is 6. The van der Waals surface area contributed by atoms with Gasteiger partial charge in [0, 0.05) is 24.9 Å². The van der Waals surface area contributed by atoms with Crippen molar-refractivity contribution in [1.29, 1.82) is 0 Å². The van der Waals surface area contributed by atoms with Crippen LogP contribution in [0.4, 0.5) is 0 Å². The number of hydrogen-bond donors (Lipinski definition) is 0. The van der Waals surface area contributed by atoms with Crippen LogP contribution in [0.5, 0.6) is 0 Å². The summed E-state index contributed by atoms with van der Waals surface area (Å²) in [4.78, 5) is 19.1. The molecule has 1 fully saturated rings. The number of nitrogens with zero attached hydrogens (tertiary/aromatic N) is 4. The zero-order chi connectivity index (χ0) is 16.6. The van der Waals surface area contributed by atoms with Crippen LogP contribution in [0, 0.1) is 13.8 Å². The molecule has 0 unspecified atom stereocenters. The number of likely N-dealkylation sites (tertiary alicyclic amines) is 1. The first-order valence-electron chi connectivity index (χ1n) is 8.03. The summed E-state index contributed by atoms with van der Waals surface area (Å²) in [6.45, 7) is 8.92. The van der Waals surface area contributed by atoms with Crippen molar-refractivity contribution < 1.29 is 13.8 Å². The predicted octanol–water partition coefficient (Wildman–Crippen LogP) is 2.82. The number of piperidine rings is 1. The zero-order valence-electron chi connectivity index (χ0n) is 14.0. The van der Waals surface area contributed by atoms with Gasteiger partial charge in [0.2, 0.25) is 5.89 Å². The molecule has 0 saturated carbocycles. The third-order valence-corrected chi connectivity index (χ3v) is 4.27. The van der Waals surface area contributed by atoms with E-state index in [0.717, 1.165) is 19.4 Å². The van der Waals surface area contributed by atoms with E-state index in [0.29, 0.717) is 35.3 Å². The van der Waals surface area contributed by atoms with Crippen LogP contribution < -0.4 is 0 Å². The molecule has 0 bridgehead atoms. The third kappa shape index (κ3) is 3.00. The minimum atomic E-state index is -0.0291. The second-order valence-corrected chi connectivity index (χ2v) is 6.44. The lowest BCUT2D eigenvalue weighted by atomic mass is 9.96. The molecule has 0 N–H and O–H groups in total. The number of amides is 1. The van der Waals surface area contributed by atoms with Crippen LogP contribution in [0.15, 0.2) is 9.05 Å². The highest BCUT2D eigenvalue weighted by molar-refractivity contribution is 5.96. The molecule has 7 heteroatoms. The molecule has 2 aromatic heterocycles. The highest BCUT2D eigenvalue weighted by Gasteiger charge is 2.31. The molecule has 7 nitrogen and oxygen atoms in total. The number of carbonyl (C=O) groups is 1. The summed E-state index contributed by atoms with van der Waals surface area (Å²) >= 11 is 0. The Morgan fingerprint density at radius 3 is 2.65 bits per heavy atom. The Bertz CT molecular complexity index is 684. The monoisotopic (exact) mass is 318 g/mol. The summed E-state index contributed by atoms with van der Waals surface area (Å²) in [5.41, 5.74) is 1.21. The van der Waals surface area contributed by atoms with E-state index in [4.69, 9.17) is 9.05 Å². The van der Waals surface area contributed by atoms with Gasteiger partial charge in [0.05, 0.1) is 5.69 Å². The summed E-state index contributed by atoms with van der Waals surface area (Å²) in [6.07, 6.45) is 1.88. The maximum Gasteiger partial charge on any atom is 0.259 e. The fourth-order valence-corrected chi connectivity index (χ4v) is 2.97. The van der Waals surface area contributed by atoms with Gasteiger partial charge in [-0.05, 0) is 26.7 Å². The number of carbonyl (C=O) groups excluding carboxylic acids is 1. The summed E-state index contributed by atoms with van der Waals surface area (Å²) < 4.78 is 10.4. The lowest BCUT2D eigenvalue weighted by Crippen LogP contribution is -2.39. The van der Waals surface area contributed by atoms with Gasteiger partial charge in [0.25, 0.3) is 5.91 Å². The Kier molecular flexibility index (Phi) is 4.19. The normalized spacial score (nSPS) is 18.7. The van der Waals surface area contributed by atoms with Gasteiger partial charge in [-0.2, -0.15) is 4.98 Å². The van der Waals surface area contributed by atoms with E-state index in [2.05, 4.69) is 15.3 Å². The zero-order valence-corrected chi connectivity index (χ0v) is 14.0. The minimum Gasteiger partial charge on any atom is -0.361 e. The molecule has 0 aromatic carbocycles. The maximum atomic E-state index is 12.8. The van der Waals surface area contributed by atoms with Gasteiger partial charge in [-0.25, -0.2) is 0 Å². The molecule has 1 aliphatic rings. The summed E-state index contributed by atoms with van der Waals surface area (Å²) in [5, 5.41) is 7.97. The molecule has 1 saturated heterocycles. The molecular weight excluding hydrogens is 296 g/mol. The smallest absolute Gasteiger partial charge is 0.259 e. The topological polar surface area (TPSA) is 85.3 Å². The molecular formula is C16H22N4O3. The van der Waals surface area contributed by atoms with Crippen molar-refractivity contribution in [2.75, 3.05) is 13.1 Å². The first-order valence-corrected chi connectivity index (χ1v) is 8.03. The van der Waals surface area contributed by atoms with Crippen LogP contribution in [0.25, 0.3) is 0 Å². The molecule has 23 heavy (non-hydrogen) atoms. The lowest BCUT2D eigenvalue weighted by Gasteiger charge is -2.31. The Hall–Kier alpha value is -2.18. The second-order valence-electron chi connectivity index (χ2n) is 6.44. The number of aryl methyl sites for hydroxylation is 2. The Labute approximate surface area is 135 Å². The Morgan fingerprint density at radius 1 is 1.26 bits per heavy atom. The van der Waals surface area contributed by atoms with Crippen LogP contribution in [-0.2, 0) is 0 Å². The highest BCUT2D eigenvalue weighted by Crippen LogP contribution is 2.28. The van der Waals surface area contributed by atoms with Gasteiger partial charge in [0.15, 0.2) is 5.82 Å². The number of rotatable bonds is 3. The molecule has 124 valence electrons. The van der Waals surface area contributed by atoms with Gasteiger partial charge >= 0.3 is 0 Å². The van der Waals surface area contributed by atoms with E-state index in [1.54, 1.807) is 13.8 Å². The fraction of sp³-hybridized carbons (Fsp3) is 0.625. The Balaban J connectivity index is 1.76. The largest absolute Gasteiger partial charge is 0.361 e. The molecule has 0 radical (unpaired) electrons. The van der Waals surface area contributed by atoms with Gasteiger partial charge in [-0.3, -0.25) is 4.79 Å². The van der Waals surface area contributed by atoms with Crippen molar-refractivity contribution in [2.24, 2.45) is 0 Å². The van der Waals surface area contributed by atoms with Crippen molar-refractivity contribution in [2.45, 2.75) is 52.4 Å². The molecule has 0 spiro atoms. The SMILES string of the molecule is Cc1noc(C)c1C(=O)N1CCC[C@H](c2noc(C(C)C)n2)C1. The predicted molar refractivity (Wildman–Crippen MR) is 82.2 cm³/mol. The molecule has 1 atom stereocenters. The van der Waals surface area contributed by atoms with Gasteiger partial charge in [-0.1, -0.05) is 24.2 Å². The lowest BCUT2D eigenvalue weighted by molar-refractivity contribution is 0.0701. The molecule has 3 rings (SSSR count). The number of aromatic nitrogens is 3. The first-order chi connectivity index (χ1) is 11.0. The summed E-state index contributed by atoms with van der Waals surface area (Å²) in [7, 11) is 0. The molecule has 1 aliphatic heterocycles. The fourth-order valence-electron chi connectivity index (χ4n) is 2.97. The minimum absolute atomic E-state index is 0.0291. The van der Waals surface area contributed by atoms with Crippen LogP contribution in [-0.4, -0.2) is 39.2 Å². The van der Waals surface area contributed by atoms with E-state index in [1.807, 2.05) is 18.7 Å². The van der Waals surface area contributed by atoms with Gasteiger partial charge < -0.3 is 13.9 Å². The molecule has 2 aromatic rings. The van der Waals surface area contributed by atoms with Crippen LogP contribution in [0.1, 0.15) is 72.1 Å². The average Bonchev–Trinajstić information content (AvgIpc) is 3.14. The standard InChI is InChI=1S/C16H22N4O3/c1-9(2)15-17-14(19-23-15)12-6-5-7-20(8-12)16(21)13-10(3)18-22-11(13)4/h9,12H,5-8H2,1-4H3/t12-/m0/s1. The molecule has 0 aliphatic carbocycles. The van der Waals surface area contributed by atoms with E-state index in [9.17, 15) is 4.79 Å². The highest BCUT2D eigenvalue weighted by atomic mass is 16.5. The summed E-state index contributed by atoms with van der Waals surface area (Å²) in [5.74, 6) is 2.21. The average molecular weight is 318 g/mol. The van der Waals surface area contributed by atoms with Crippen LogP contribution >= 0.6 is 0 Å². The van der Waals surface area contributed by atoms with Crippen LogP contribution in [0.2, 0.25) is 0 Å². The summed E-state index contributed by atoms with van der Waals surface area (Å²) in [6, 6.07) is 0. The first kappa shape index (κ1) is 15.7. The van der Waals surface area contributed by atoms with Crippen molar-refractivity contribution in [3.63, 3.8) is 0 Å². The van der Waals surface area contributed by atoms with E-state index in [1.165, 1.54) is 0 Å².